The average Bonchev–Trinajstić information content (AvgIpc) is 3.52. The maximum atomic E-state index is 14.1. The summed E-state index contributed by atoms with van der Waals surface area (Å²) >= 11 is 6.20. The molecule has 0 N–H and O–H groups in total. The smallest absolute Gasteiger partial charge is 0.225 e. The standard InChI is InChI=1S/C22H30ClFN2O/c23-19-5-4-6-20(24)18(19)15-25-13-10-16(11-14-25)21-7-2-1-3-12-26(21)22(27)17-8-9-17/h4-6,16-17,21H,1-3,7-15H2/t21-/m0/s1. The van der Waals surface area contributed by atoms with Crippen LogP contribution >= 0.6 is 11.6 Å². The van der Waals surface area contributed by atoms with Crippen molar-refractivity contribution in [3.63, 3.8) is 0 Å². The maximum Gasteiger partial charge on any atom is 0.225 e. The Kier molecular flexibility index (Phi) is 6.03. The van der Waals surface area contributed by atoms with Gasteiger partial charge in [-0.1, -0.05) is 30.5 Å². The normalized spacial score (nSPS) is 25.4. The lowest BCUT2D eigenvalue weighted by atomic mass is 9.85. The zero-order valence-corrected chi connectivity index (χ0v) is 16.8. The molecule has 1 amide bonds. The fourth-order valence-corrected chi connectivity index (χ4v) is 5.09. The van der Waals surface area contributed by atoms with E-state index in [9.17, 15) is 9.18 Å². The first kappa shape index (κ1) is 19.2. The summed E-state index contributed by atoms with van der Waals surface area (Å²) in [5.41, 5.74) is 0.609. The highest BCUT2D eigenvalue weighted by molar-refractivity contribution is 6.31. The van der Waals surface area contributed by atoms with E-state index in [1.165, 1.54) is 18.9 Å². The zero-order valence-electron chi connectivity index (χ0n) is 16.0. The lowest BCUT2D eigenvalue weighted by Crippen LogP contribution is -2.48. The van der Waals surface area contributed by atoms with E-state index in [0.717, 1.165) is 58.2 Å². The Morgan fingerprint density at radius 2 is 1.81 bits per heavy atom. The summed E-state index contributed by atoms with van der Waals surface area (Å²) in [4.78, 5) is 17.4. The number of benzene rings is 1. The van der Waals surface area contributed by atoms with Crippen LogP contribution in [0.15, 0.2) is 18.2 Å². The maximum absolute atomic E-state index is 14.1. The van der Waals surface area contributed by atoms with Crippen LogP contribution in [-0.4, -0.2) is 41.4 Å². The van der Waals surface area contributed by atoms with Crippen LogP contribution in [0.5, 0.6) is 0 Å². The van der Waals surface area contributed by atoms with Crippen LogP contribution < -0.4 is 0 Å². The summed E-state index contributed by atoms with van der Waals surface area (Å²) in [6.45, 7) is 3.44. The number of piperidine rings is 1. The molecule has 2 aliphatic heterocycles. The van der Waals surface area contributed by atoms with E-state index < -0.39 is 0 Å². The Morgan fingerprint density at radius 3 is 2.52 bits per heavy atom. The first-order valence-electron chi connectivity index (χ1n) is 10.6. The summed E-state index contributed by atoms with van der Waals surface area (Å²) in [5.74, 6) is 1.10. The van der Waals surface area contributed by atoms with E-state index in [0.29, 0.717) is 40.9 Å². The molecule has 2 heterocycles. The highest BCUT2D eigenvalue weighted by atomic mass is 35.5. The Morgan fingerprint density at radius 1 is 1.04 bits per heavy atom. The molecular weight excluding hydrogens is 363 g/mol. The Bertz CT molecular complexity index is 650. The number of halogens is 2. The van der Waals surface area contributed by atoms with Gasteiger partial charge in [0, 0.05) is 35.6 Å². The van der Waals surface area contributed by atoms with Crippen LogP contribution in [0.4, 0.5) is 4.39 Å². The number of nitrogens with zero attached hydrogens (tertiary/aromatic N) is 2. The van der Waals surface area contributed by atoms with Crippen LogP contribution in [-0.2, 0) is 11.3 Å². The Labute approximate surface area is 166 Å². The van der Waals surface area contributed by atoms with E-state index >= 15 is 0 Å². The number of carbonyl (C=O) groups is 1. The minimum absolute atomic E-state index is 0.213. The van der Waals surface area contributed by atoms with Gasteiger partial charge < -0.3 is 4.90 Å². The van der Waals surface area contributed by atoms with Gasteiger partial charge in [-0.25, -0.2) is 4.39 Å². The third kappa shape index (κ3) is 4.48. The predicted molar refractivity (Wildman–Crippen MR) is 106 cm³/mol. The molecular formula is C22H30ClFN2O. The van der Waals surface area contributed by atoms with Crippen molar-refractivity contribution in [1.29, 1.82) is 0 Å². The van der Waals surface area contributed by atoms with Crippen LogP contribution in [0.25, 0.3) is 0 Å². The van der Waals surface area contributed by atoms with Crippen molar-refractivity contribution in [1.82, 2.24) is 9.80 Å². The molecule has 3 nitrogen and oxygen atoms in total. The van der Waals surface area contributed by atoms with Crippen LogP contribution in [0.1, 0.15) is 56.9 Å². The minimum Gasteiger partial charge on any atom is -0.339 e. The van der Waals surface area contributed by atoms with Crippen molar-refractivity contribution >= 4 is 17.5 Å². The summed E-state index contributed by atoms with van der Waals surface area (Å²) in [6.07, 6.45) is 9.14. The summed E-state index contributed by atoms with van der Waals surface area (Å²) in [7, 11) is 0. The van der Waals surface area contributed by atoms with Crippen molar-refractivity contribution in [2.75, 3.05) is 19.6 Å². The van der Waals surface area contributed by atoms with Crippen LogP contribution in [0.3, 0.4) is 0 Å². The highest BCUT2D eigenvalue weighted by Crippen LogP contribution is 2.36. The predicted octanol–water partition coefficient (Wildman–Crippen LogP) is 4.87. The minimum atomic E-state index is -0.213. The van der Waals surface area contributed by atoms with E-state index in [1.54, 1.807) is 12.1 Å². The van der Waals surface area contributed by atoms with Gasteiger partial charge in [0.1, 0.15) is 5.82 Å². The molecule has 1 saturated carbocycles. The number of carbonyl (C=O) groups excluding carboxylic acids is 1. The Balaban J connectivity index is 1.38. The van der Waals surface area contributed by atoms with Gasteiger partial charge in [0.15, 0.2) is 0 Å². The second kappa shape index (κ2) is 8.48. The lowest BCUT2D eigenvalue weighted by molar-refractivity contribution is -0.136. The fraction of sp³-hybridized carbons (Fsp3) is 0.682. The van der Waals surface area contributed by atoms with Gasteiger partial charge in [-0.15, -0.1) is 0 Å². The summed E-state index contributed by atoms with van der Waals surface area (Å²) < 4.78 is 14.1. The molecule has 0 aromatic heterocycles. The number of rotatable bonds is 4. The topological polar surface area (TPSA) is 23.6 Å². The molecule has 148 valence electrons. The molecule has 5 heteroatoms. The van der Waals surface area contributed by atoms with E-state index in [4.69, 9.17) is 11.6 Å². The number of hydrogen-bond acceptors (Lipinski definition) is 2. The van der Waals surface area contributed by atoms with Gasteiger partial charge in [-0.05, 0) is 69.7 Å². The molecule has 1 atom stereocenters. The lowest BCUT2D eigenvalue weighted by Gasteiger charge is -2.41. The van der Waals surface area contributed by atoms with E-state index in [2.05, 4.69) is 9.80 Å². The van der Waals surface area contributed by atoms with Crippen molar-refractivity contribution < 1.29 is 9.18 Å². The fourth-order valence-electron chi connectivity index (χ4n) is 4.87. The zero-order chi connectivity index (χ0) is 18.8. The summed E-state index contributed by atoms with van der Waals surface area (Å²) in [5, 5.41) is 0.516. The molecule has 1 aromatic carbocycles. The van der Waals surface area contributed by atoms with Crippen LogP contribution in [0.2, 0.25) is 5.02 Å². The third-order valence-corrected chi connectivity index (χ3v) is 6.98. The first-order chi connectivity index (χ1) is 13.1. The van der Waals surface area contributed by atoms with Crippen molar-refractivity contribution in [2.24, 2.45) is 11.8 Å². The second-order valence-corrected chi connectivity index (χ2v) is 8.94. The number of likely N-dealkylation sites (tertiary alicyclic amines) is 2. The molecule has 0 spiro atoms. The molecule has 4 rings (SSSR count). The van der Waals surface area contributed by atoms with Crippen molar-refractivity contribution in [3.05, 3.63) is 34.6 Å². The van der Waals surface area contributed by atoms with Gasteiger partial charge in [0.05, 0.1) is 0 Å². The van der Waals surface area contributed by atoms with Gasteiger partial charge in [-0.2, -0.15) is 0 Å². The molecule has 0 bridgehead atoms. The largest absolute Gasteiger partial charge is 0.339 e. The van der Waals surface area contributed by atoms with Gasteiger partial charge in [0.25, 0.3) is 0 Å². The van der Waals surface area contributed by atoms with Crippen molar-refractivity contribution in [2.45, 2.75) is 64.0 Å². The Hall–Kier alpha value is -1.13. The molecule has 3 aliphatic rings. The molecule has 27 heavy (non-hydrogen) atoms. The number of amides is 1. The number of hydrogen-bond donors (Lipinski definition) is 0. The summed E-state index contributed by atoms with van der Waals surface area (Å²) in [6, 6.07) is 5.32. The van der Waals surface area contributed by atoms with Gasteiger partial charge >= 0.3 is 0 Å². The molecule has 1 aromatic rings. The SMILES string of the molecule is O=C(C1CC1)N1CCCCC[C@H]1C1CCN(Cc2c(F)cccc2Cl)CC1. The van der Waals surface area contributed by atoms with Gasteiger partial charge in [-0.3, -0.25) is 9.69 Å². The molecule has 3 fully saturated rings. The highest BCUT2D eigenvalue weighted by Gasteiger charge is 2.39. The third-order valence-electron chi connectivity index (χ3n) is 6.63. The van der Waals surface area contributed by atoms with E-state index in [-0.39, 0.29) is 5.82 Å². The molecule has 2 saturated heterocycles. The van der Waals surface area contributed by atoms with E-state index in [1.807, 2.05) is 0 Å². The second-order valence-electron chi connectivity index (χ2n) is 8.54. The van der Waals surface area contributed by atoms with Crippen molar-refractivity contribution in [3.8, 4) is 0 Å². The van der Waals surface area contributed by atoms with Crippen LogP contribution in [0, 0.1) is 17.7 Å². The quantitative estimate of drug-likeness (QED) is 0.729. The monoisotopic (exact) mass is 392 g/mol. The average molecular weight is 393 g/mol. The first-order valence-corrected chi connectivity index (χ1v) is 11.0. The molecule has 0 unspecified atom stereocenters. The molecule has 1 aliphatic carbocycles. The van der Waals surface area contributed by atoms with Gasteiger partial charge in [0.2, 0.25) is 5.91 Å². The molecule has 0 radical (unpaired) electrons.